The molecule has 30 heavy (non-hydrogen) atoms. The number of rotatable bonds is 8. The standard InChI is InChI=1S/C18H24N6O4S2/c1-3-23(10-16(25)19-14-8-9-30(27,28)12-14)17(26)11-29-18-20-21-22-24(18)15-6-4-13(2)5-7-15/h4-7,14H,3,8-12H2,1-2H3,(H,19,25). The van der Waals surface area contributed by atoms with E-state index < -0.39 is 9.84 Å². The van der Waals surface area contributed by atoms with E-state index in [0.717, 1.165) is 11.3 Å². The number of carbonyl (C=O) groups is 2. The Labute approximate surface area is 179 Å². The Morgan fingerprint density at radius 2 is 2.03 bits per heavy atom. The van der Waals surface area contributed by atoms with Crippen molar-refractivity contribution in [2.45, 2.75) is 31.5 Å². The highest BCUT2D eigenvalue weighted by molar-refractivity contribution is 7.99. The van der Waals surface area contributed by atoms with Crippen molar-refractivity contribution in [2.24, 2.45) is 0 Å². The molecule has 1 fully saturated rings. The van der Waals surface area contributed by atoms with E-state index in [2.05, 4.69) is 20.8 Å². The van der Waals surface area contributed by atoms with Crippen LogP contribution in [0.25, 0.3) is 5.69 Å². The second-order valence-electron chi connectivity index (χ2n) is 7.07. The summed E-state index contributed by atoms with van der Waals surface area (Å²) < 4.78 is 24.6. The largest absolute Gasteiger partial charge is 0.351 e. The molecule has 12 heteroatoms. The maximum absolute atomic E-state index is 12.6. The molecule has 2 aromatic rings. The summed E-state index contributed by atoms with van der Waals surface area (Å²) in [6.07, 6.45) is 0.408. The topological polar surface area (TPSA) is 127 Å². The van der Waals surface area contributed by atoms with Gasteiger partial charge in [-0.25, -0.2) is 8.42 Å². The second-order valence-corrected chi connectivity index (χ2v) is 10.2. The van der Waals surface area contributed by atoms with Gasteiger partial charge in [-0.15, -0.1) is 5.10 Å². The Morgan fingerprint density at radius 1 is 1.30 bits per heavy atom. The van der Waals surface area contributed by atoms with Crippen molar-refractivity contribution in [2.75, 3.05) is 30.3 Å². The third-order valence-corrected chi connectivity index (χ3v) is 7.38. The summed E-state index contributed by atoms with van der Waals surface area (Å²) in [5.41, 5.74) is 1.90. The number of amides is 2. The highest BCUT2D eigenvalue weighted by Gasteiger charge is 2.29. The molecule has 0 bridgehead atoms. The van der Waals surface area contributed by atoms with E-state index >= 15 is 0 Å². The van der Waals surface area contributed by atoms with Gasteiger partial charge in [-0.1, -0.05) is 29.5 Å². The summed E-state index contributed by atoms with van der Waals surface area (Å²) in [7, 11) is -3.07. The van der Waals surface area contributed by atoms with Crippen molar-refractivity contribution in [1.29, 1.82) is 0 Å². The SMILES string of the molecule is CCN(CC(=O)NC1CCS(=O)(=O)C1)C(=O)CSc1nnnn1-c1ccc(C)cc1. The minimum atomic E-state index is -3.07. The van der Waals surface area contributed by atoms with E-state index in [1.165, 1.54) is 16.7 Å². The zero-order valence-electron chi connectivity index (χ0n) is 16.8. The lowest BCUT2D eigenvalue weighted by Gasteiger charge is -2.21. The predicted octanol–water partition coefficient (Wildman–Crippen LogP) is 0.215. The molecule has 0 spiro atoms. The first-order valence-corrected chi connectivity index (χ1v) is 12.3. The summed E-state index contributed by atoms with van der Waals surface area (Å²) >= 11 is 1.19. The second kappa shape index (κ2) is 9.56. The quantitative estimate of drug-likeness (QED) is 0.563. The van der Waals surface area contributed by atoms with Gasteiger partial charge >= 0.3 is 0 Å². The number of nitrogens with one attached hydrogen (secondary N) is 1. The summed E-state index contributed by atoms with van der Waals surface area (Å²) in [4.78, 5) is 26.3. The van der Waals surface area contributed by atoms with E-state index in [-0.39, 0.29) is 41.7 Å². The molecular formula is C18H24N6O4S2. The van der Waals surface area contributed by atoms with Crippen LogP contribution < -0.4 is 5.32 Å². The molecule has 1 unspecified atom stereocenters. The molecule has 1 aliphatic rings. The molecule has 1 aromatic carbocycles. The van der Waals surface area contributed by atoms with E-state index in [0.29, 0.717) is 18.1 Å². The van der Waals surface area contributed by atoms with Crippen molar-refractivity contribution in [3.8, 4) is 5.69 Å². The van der Waals surface area contributed by atoms with Crippen molar-refractivity contribution in [3.63, 3.8) is 0 Å². The maximum atomic E-state index is 12.6. The first-order valence-electron chi connectivity index (χ1n) is 9.53. The highest BCUT2D eigenvalue weighted by Crippen LogP contribution is 2.19. The van der Waals surface area contributed by atoms with Crippen LogP contribution in [0.2, 0.25) is 0 Å². The van der Waals surface area contributed by atoms with Gasteiger partial charge in [-0.2, -0.15) is 4.68 Å². The van der Waals surface area contributed by atoms with Gasteiger partial charge in [0.2, 0.25) is 17.0 Å². The monoisotopic (exact) mass is 452 g/mol. The fourth-order valence-corrected chi connectivity index (χ4v) is 5.53. The van der Waals surface area contributed by atoms with Crippen molar-refractivity contribution in [1.82, 2.24) is 30.4 Å². The first-order chi connectivity index (χ1) is 14.3. The number of tetrazole rings is 1. The van der Waals surface area contributed by atoms with Gasteiger partial charge in [0.25, 0.3) is 0 Å². The Hall–Kier alpha value is -2.47. The molecule has 0 saturated carbocycles. The average molecular weight is 453 g/mol. The van der Waals surface area contributed by atoms with E-state index in [4.69, 9.17) is 0 Å². The molecule has 2 heterocycles. The van der Waals surface area contributed by atoms with E-state index in [1.807, 2.05) is 31.2 Å². The molecule has 0 aliphatic carbocycles. The molecule has 162 valence electrons. The number of aromatic nitrogens is 4. The molecule has 1 saturated heterocycles. The number of thioether (sulfide) groups is 1. The van der Waals surface area contributed by atoms with Crippen LogP contribution >= 0.6 is 11.8 Å². The van der Waals surface area contributed by atoms with Crippen molar-refractivity contribution < 1.29 is 18.0 Å². The van der Waals surface area contributed by atoms with Gasteiger partial charge < -0.3 is 10.2 Å². The molecular weight excluding hydrogens is 428 g/mol. The third-order valence-electron chi connectivity index (χ3n) is 4.71. The Balaban J connectivity index is 1.54. The first kappa shape index (κ1) is 22.2. The summed E-state index contributed by atoms with van der Waals surface area (Å²) in [6.45, 7) is 4.01. The average Bonchev–Trinajstić information content (AvgIpc) is 3.30. The Kier molecular flexibility index (Phi) is 7.08. The van der Waals surface area contributed by atoms with Crippen LogP contribution in [-0.4, -0.2) is 81.7 Å². The number of sulfone groups is 1. The zero-order chi connectivity index (χ0) is 21.7. The molecule has 1 N–H and O–H groups in total. The van der Waals surface area contributed by atoms with Gasteiger partial charge in [0.15, 0.2) is 9.84 Å². The van der Waals surface area contributed by atoms with Crippen LogP contribution in [0, 0.1) is 6.92 Å². The third kappa shape index (κ3) is 5.79. The number of nitrogens with zero attached hydrogens (tertiary/aromatic N) is 5. The minimum absolute atomic E-state index is 0.0453. The highest BCUT2D eigenvalue weighted by atomic mass is 32.2. The molecule has 1 atom stereocenters. The van der Waals surface area contributed by atoms with Crippen LogP contribution in [-0.2, 0) is 19.4 Å². The predicted molar refractivity (Wildman–Crippen MR) is 112 cm³/mol. The summed E-state index contributed by atoms with van der Waals surface area (Å²) in [5.74, 6) is -0.473. The number of aryl methyl sites for hydroxylation is 1. The summed E-state index contributed by atoms with van der Waals surface area (Å²) in [5, 5.41) is 14.8. The van der Waals surface area contributed by atoms with Gasteiger partial charge in [-0.3, -0.25) is 9.59 Å². The van der Waals surface area contributed by atoms with Crippen LogP contribution in [0.3, 0.4) is 0 Å². The fraction of sp³-hybridized carbons (Fsp3) is 0.500. The molecule has 2 amide bonds. The van der Waals surface area contributed by atoms with E-state index in [1.54, 1.807) is 11.6 Å². The molecule has 3 rings (SSSR count). The number of hydrogen-bond acceptors (Lipinski definition) is 8. The molecule has 10 nitrogen and oxygen atoms in total. The van der Waals surface area contributed by atoms with Gasteiger partial charge in [0.05, 0.1) is 29.5 Å². The van der Waals surface area contributed by atoms with Crippen LogP contribution in [0.1, 0.15) is 18.9 Å². The normalized spacial score (nSPS) is 17.6. The number of likely N-dealkylation sites (N-methyl/N-ethyl adjacent to an activating group) is 1. The fourth-order valence-electron chi connectivity index (χ4n) is 3.07. The number of hydrogen-bond donors (Lipinski definition) is 1. The zero-order valence-corrected chi connectivity index (χ0v) is 18.4. The van der Waals surface area contributed by atoms with Crippen molar-refractivity contribution >= 4 is 33.4 Å². The van der Waals surface area contributed by atoms with Gasteiger partial charge in [0, 0.05) is 12.6 Å². The van der Waals surface area contributed by atoms with Crippen molar-refractivity contribution in [3.05, 3.63) is 29.8 Å². The van der Waals surface area contributed by atoms with Gasteiger partial charge in [0.1, 0.15) is 0 Å². The smallest absolute Gasteiger partial charge is 0.239 e. The maximum Gasteiger partial charge on any atom is 0.239 e. The molecule has 1 aromatic heterocycles. The lowest BCUT2D eigenvalue weighted by molar-refractivity contribution is -0.134. The molecule has 0 radical (unpaired) electrons. The minimum Gasteiger partial charge on any atom is -0.351 e. The van der Waals surface area contributed by atoms with Gasteiger partial charge in [-0.05, 0) is 42.8 Å². The summed E-state index contributed by atoms with van der Waals surface area (Å²) in [6, 6.07) is 7.30. The van der Waals surface area contributed by atoms with Crippen LogP contribution in [0.4, 0.5) is 0 Å². The van der Waals surface area contributed by atoms with Crippen LogP contribution in [0.5, 0.6) is 0 Å². The number of carbonyl (C=O) groups excluding carboxylic acids is 2. The number of benzene rings is 1. The lowest BCUT2D eigenvalue weighted by atomic mass is 10.2. The Morgan fingerprint density at radius 3 is 2.67 bits per heavy atom. The van der Waals surface area contributed by atoms with Crippen LogP contribution in [0.15, 0.2) is 29.4 Å². The van der Waals surface area contributed by atoms with E-state index in [9.17, 15) is 18.0 Å². The molecule has 1 aliphatic heterocycles. The lowest BCUT2D eigenvalue weighted by Crippen LogP contribution is -2.45. The Bertz CT molecular complexity index is 1010.